The van der Waals surface area contributed by atoms with Crippen molar-refractivity contribution in [2.45, 2.75) is 31.0 Å². The van der Waals surface area contributed by atoms with E-state index in [0.29, 0.717) is 12.6 Å². The molecule has 3 nitrogen and oxygen atoms in total. The van der Waals surface area contributed by atoms with Gasteiger partial charge in [0.15, 0.2) is 0 Å². The summed E-state index contributed by atoms with van der Waals surface area (Å²) in [6.45, 7) is 2.41. The predicted octanol–water partition coefficient (Wildman–Crippen LogP) is 2.70. The maximum atomic E-state index is 6.01. The molecule has 1 aliphatic carbocycles. The summed E-state index contributed by atoms with van der Waals surface area (Å²) in [4.78, 5) is 2.63. The molecule has 2 aromatic rings. The highest BCUT2D eigenvalue weighted by Crippen LogP contribution is 2.40. The highest BCUT2D eigenvalue weighted by molar-refractivity contribution is 5.86. The van der Waals surface area contributed by atoms with Crippen molar-refractivity contribution in [3.05, 3.63) is 48.0 Å². The Morgan fingerprint density at radius 2 is 1.90 bits per heavy atom. The molecule has 1 heterocycles. The molecule has 0 bridgehead atoms. The number of hydrogen-bond acceptors (Lipinski definition) is 3. The van der Waals surface area contributed by atoms with E-state index >= 15 is 0 Å². The molecule has 2 unspecified atom stereocenters. The summed E-state index contributed by atoms with van der Waals surface area (Å²) in [5.74, 6) is 0. The van der Waals surface area contributed by atoms with E-state index in [1.165, 1.54) is 29.2 Å². The average Bonchev–Trinajstić information content (AvgIpc) is 3.38. The van der Waals surface area contributed by atoms with Crippen LogP contribution in [0.1, 0.15) is 24.4 Å². The normalized spacial score (nSPS) is 27.1. The van der Waals surface area contributed by atoms with Gasteiger partial charge in [-0.2, -0.15) is 0 Å². The van der Waals surface area contributed by atoms with Crippen LogP contribution in [0.15, 0.2) is 42.5 Å². The van der Waals surface area contributed by atoms with Crippen molar-refractivity contribution in [1.82, 2.24) is 4.90 Å². The van der Waals surface area contributed by atoms with Crippen LogP contribution in [-0.2, 0) is 4.74 Å². The van der Waals surface area contributed by atoms with Crippen LogP contribution in [0.25, 0.3) is 10.8 Å². The van der Waals surface area contributed by atoms with Crippen LogP contribution in [0.2, 0.25) is 0 Å². The van der Waals surface area contributed by atoms with Crippen LogP contribution in [0.4, 0.5) is 0 Å². The Morgan fingerprint density at radius 1 is 1.10 bits per heavy atom. The second-order valence-electron chi connectivity index (χ2n) is 6.13. The zero-order chi connectivity index (χ0) is 14.2. The number of nitrogens with zero attached hydrogens (tertiary/aromatic N) is 1. The fourth-order valence-electron chi connectivity index (χ4n) is 3.65. The smallest absolute Gasteiger partial charge is 0.0894 e. The lowest BCUT2D eigenvalue weighted by molar-refractivity contribution is -0.0707. The van der Waals surface area contributed by atoms with Crippen molar-refractivity contribution in [3.8, 4) is 0 Å². The van der Waals surface area contributed by atoms with Gasteiger partial charge < -0.3 is 10.5 Å². The van der Waals surface area contributed by atoms with Crippen molar-refractivity contribution in [3.63, 3.8) is 0 Å². The fourth-order valence-corrected chi connectivity index (χ4v) is 3.65. The Balaban J connectivity index is 1.82. The molecule has 110 valence electrons. The number of ether oxygens (including phenoxy) is 1. The van der Waals surface area contributed by atoms with Gasteiger partial charge in [0.05, 0.1) is 18.8 Å². The van der Waals surface area contributed by atoms with Crippen molar-refractivity contribution in [2.24, 2.45) is 5.73 Å². The summed E-state index contributed by atoms with van der Waals surface area (Å²) in [5, 5.41) is 2.63. The number of nitrogens with two attached hydrogens (primary N) is 1. The molecule has 2 fully saturated rings. The average molecular weight is 282 g/mol. The Kier molecular flexibility index (Phi) is 3.42. The number of benzene rings is 2. The number of fused-ring (bicyclic) bond motifs is 1. The molecule has 1 saturated heterocycles. The molecule has 2 aromatic carbocycles. The molecular weight excluding hydrogens is 260 g/mol. The largest absolute Gasteiger partial charge is 0.374 e. The zero-order valence-electron chi connectivity index (χ0n) is 12.2. The summed E-state index contributed by atoms with van der Waals surface area (Å²) >= 11 is 0. The highest BCUT2D eigenvalue weighted by Gasteiger charge is 2.41. The van der Waals surface area contributed by atoms with E-state index in [1.54, 1.807) is 0 Å². The van der Waals surface area contributed by atoms with E-state index in [0.717, 1.165) is 19.2 Å². The number of rotatable bonds is 3. The van der Waals surface area contributed by atoms with Crippen LogP contribution < -0.4 is 5.73 Å². The van der Waals surface area contributed by atoms with Crippen molar-refractivity contribution >= 4 is 10.8 Å². The maximum Gasteiger partial charge on any atom is 0.0894 e. The summed E-state index contributed by atoms with van der Waals surface area (Å²) in [6.07, 6.45) is 2.74. The monoisotopic (exact) mass is 282 g/mol. The molecule has 0 spiro atoms. The molecule has 2 atom stereocenters. The minimum Gasteiger partial charge on any atom is -0.374 e. The lowest BCUT2D eigenvalue weighted by Crippen LogP contribution is -2.49. The van der Waals surface area contributed by atoms with Gasteiger partial charge >= 0.3 is 0 Å². The Morgan fingerprint density at radius 3 is 2.71 bits per heavy atom. The molecule has 2 N–H and O–H groups in total. The van der Waals surface area contributed by atoms with Gasteiger partial charge in [-0.15, -0.1) is 0 Å². The van der Waals surface area contributed by atoms with Crippen LogP contribution in [0, 0.1) is 0 Å². The second-order valence-corrected chi connectivity index (χ2v) is 6.13. The summed E-state index contributed by atoms with van der Waals surface area (Å²) in [6, 6.07) is 16.2. The lowest BCUT2D eigenvalue weighted by atomic mass is 9.92. The molecule has 0 radical (unpaired) electrons. The Bertz CT molecular complexity index is 633. The molecule has 1 aliphatic heterocycles. The first-order valence-corrected chi connectivity index (χ1v) is 7.93. The topological polar surface area (TPSA) is 38.5 Å². The third-order valence-electron chi connectivity index (χ3n) is 4.78. The minimum atomic E-state index is 0.102. The quantitative estimate of drug-likeness (QED) is 0.940. The third kappa shape index (κ3) is 2.35. The number of morpholine rings is 1. The minimum absolute atomic E-state index is 0.102. The van der Waals surface area contributed by atoms with Crippen molar-refractivity contribution in [1.29, 1.82) is 0 Å². The summed E-state index contributed by atoms with van der Waals surface area (Å²) < 4.78 is 5.98. The molecule has 0 amide bonds. The molecule has 1 saturated carbocycles. The summed E-state index contributed by atoms with van der Waals surface area (Å²) in [7, 11) is 0. The van der Waals surface area contributed by atoms with Crippen LogP contribution in [-0.4, -0.2) is 36.7 Å². The van der Waals surface area contributed by atoms with Crippen molar-refractivity contribution in [2.75, 3.05) is 19.7 Å². The van der Waals surface area contributed by atoms with E-state index < -0.39 is 0 Å². The van der Waals surface area contributed by atoms with Gasteiger partial charge in [-0.25, -0.2) is 0 Å². The SMILES string of the molecule is NCC1OCCN(C2CC2)C1c1cccc2ccccc12. The van der Waals surface area contributed by atoms with E-state index in [2.05, 4.69) is 47.4 Å². The van der Waals surface area contributed by atoms with Crippen LogP contribution >= 0.6 is 0 Å². The van der Waals surface area contributed by atoms with Gasteiger partial charge in [-0.3, -0.25) is 4.90 Å². The Hall–Kier alpha value is -1.42. The van der Waals surface area contributed by atoms with E-state index in [4.69, 9.17) is 10.5 Å². The third-order valence-corrected chi connectivity index (χ3v) is 4.78. The van der Waals surface area contributed by atoms with Gasteiger partial charge in [0.1, 0.15) is 0 Å². The maximum absolute atomic E-state index is 6.01. The molecule has 0 aromatic heterocycles. The first kappa shape index (κ1) is 13.3. The number of hydrogen-bond donors (Lipinski definition) is 1. The lowest BCUT2D eigenvalue weighted by Gasteiger charge is -2.42. The molecule has 4 rings (SSSR count). The standard InChI is InChI=1S/C18H22N2O/c19-12-17-18(20(10-11-21-17)14-8-9-14)16-7-3-5-13-4-1-2-6-15(13)16/h1-7,14,17-18H,8-12,19H2. The van der Waals surface area contributed by atoms with Crippen LogP contribution in [0.5, 0.6) is 0 Å². The van der Waals surface area contributed by atoms with Gasteiger partial charge in [0.25, 0.3) is 0 Å². The van der Waals surface area contributed by atoms with Crippen LogP contribution in [0.3, 0.4) is 0 Å². The van der Waals surface area contributed by atoms with Gasteiger partial charge in [0.2, 0.25) is 0 Å². The first-order chi connectivity index (χ1) is 10.4. The Labute approximate surface area is 125 Å². The molecular formula is C18H22N2O. The van der Waals surface area contributed by atoms with Gasteiger partial charge in [-0.05, 0) is 29.2 Å². The van der Waals surface area contributed by atoms with E-state index in [-0.39, 0.29) is 6.10 Å². The second kappa shape index (κ2) is 5.41. The predicted molar refractivity (Wildman–Crippen MR) is 85.2 cm³/mol. The molecule has 21 heavy (non-hydrogen) atoms. The van der Waals surface area contributed by atoms with E-state index in [1.807, 2.05) is 0 Å². The first-order valence-electron chi connectivity index (χ1n) is 7.93. The zero-order valence-corrected chi connectivity index (χ0v) is 12.2. The van der Waals surface area contributed by atoms with Gasteiger partial charge in [-0.1, -0.05) is 42.5 Å². The summed E-state index contributed by atoms with van der Waals surface area (Å²) in [5.41, 5.74) is 7.38. The molecule has 2 aliphatic rings. The van der Waals surface area contributed by atoms with Gasteiger partial charge in [0, 0.05) is 19.1 Å². The van der Waals surface area contributed by atoms with Crippen molar-refractivity contribution < 1.29 is 4.74 Å². The fraction of sp³-hybridized carbons (Fsp3) is 0.444. The molecule has 3 heteroatoms. The highest BCUT2D eigenvalue weighted by atomic mass is 16.5. The van der Waals surface area contributed by atoms with E-state index in [9.17, 15) is 0 Å².